The van der Waals surface area contributed by atoms with Crippen LogP contribution in [0.5, 0.6) is 28.7 Å². The van der Waals surface area contributed by atoms with E-state index in [4.69, 9.17) is 23.7 Å². The van der Waals surface area contributed by atoms with Crippen LogP contribution >= 0.6 is 0 Å². The van der Waals surface area contributed by atoms with Gasteiger partial charge in [0, 0.05) is 0 Å². The average Bonchev–Trinajstić information content (AvgIpc) is 3.36. The maximum absolute atomic E-state index is 14.0. The van der Waals surface area contributed by atoms with Gasteiger partial charge in [0.25, 0.3) is 0 Å². The molecule has 8 rings (SSSR count). The first-order valence-electron chi connectivity index (χ1n) is 22.2. The highest BCUT2D eigenvalue weighted by atomic mass is 19.1. The average molecular weight is 937 g/mol. The van der Waals surface area contributed by atoms with E-state index in [1.54, 1.807) is 59.1 Å². The molecule has 0 fully saturated rings. The Kier molecular flexibility index (Phi) is 18.6. The first-order chi connectivity index (χ1) is 33.1. The van der Waals surface area contributed by atoms with E-state index in [2.05, 4.69) is 0 Å². The van der Waals surface area contributed by atoms with Gasteiger partial charge in [-0.05, 0) is 152 Å². The lowest BCUT2D eigenvalue weighted by molar-refractivity contribution is 0.385. The van der Waals surface area contributed by atoms with Crippen molar-refractivity contribution in [1.29, 1.82) is 0 Å². The Morgan fingerprint density at radius 2 is 0.580 bits per heavy atom. The van der Waals surface area contributed by atoms with Gasteiger partial charge in [-0.25, -0.2) is 17.6 Å². The molecule has 0 radical (unpaired) electrons. The van der Waals surface area contributed by atoms with E-state index in [0.29, 0.717) is 39.5 Å². The number of hydrogen-bond acceptors (Lipinski definition) is 5. The number of benzene rings is 8. The lowest BCUT2D eigenvalue weighted by atomic mass is 9.98. The fourth-order valence-corrected chi connectivity index (χ4v) is 7.67. The summed E-state index contributed by atoms with van der Waals surface area (Å²) in [6.45, 7) is 13.1. The van der Waals surface area contributed by atoms with Crippen molar-refractivity contribution >= 4 is 0 Å². The molecule has 9 heteroatoms. The summed E-state index contributed by atoms with van der Waals surface area (Å²) >= 11 is 0. The Morgan fingerprint density at radius 3 is 0.884 bits per heavy atom. The molecule has 8 aromatic rings. The summed E-state index contributed by atoms with van der Waals surface area (Å²) in [5.41, 5.74) is 13.5. The molecular weight excluding hydrogens is 877 g/mol. The molecule has 0 aromatic heterocycles. The van der Waals surface area contributed by atoms with E-state index < -0.39 is 0 Å². The molecule has 0 bridgehead atoms. The zero-order valence-corrected chi connectivity index (χ0v) is 41.4. The second-order valence-corrected chi connectivity index (χ2v) is 16.4. The first-order valence-corrected chi connectivity index (χ1v) is 22.2. The van der Waals surface area contributed by atoms with Gasteiger partial charge in [-0.2, -0.15) is 0 Å². The molecular formula is C60H60F4O5. The highest BCUT2D eigenvalue weighted by Gasteiger charge is 2.15. The Morgan fingerprint density at radius 1 is 0.275 bits per heavy atom. The fourth-order valence-electron chi connectivity index (χ4n) is 7.67. The van der Waals surface area contributed by atoms with Crippen LogP contribution in [0.3, 0.4) is 0 Å². The highest BCUT2D eigenvalue weighted by molar-refractivity contribution is 5.72. The molecule has 0 spiro atoms. The van der Waals surface area contributed by atoms with Crippen molar-refractivity contribution in [2.45, 2.75) is 48.5 Å². The van der Waals surface area contributed by atoms with Gasteiger partial charge in [-0.1, -0.05) is 126 Å². The van der Waals surface area contributed by atoms with Gasteiger partial charge < -0.3 is 23.7 Å². The van der Waals surface area contributed by atoms with Crippen LogP contribution in [0.4, 0.5) is 17.6 Å². The third-order valence-corrected chi connectivity index (χ3v) is 11.7. The number of ether oxygens (including phenoxy) is 5. The van der Waals surface area contributed by atoms with Crippen molar-refractivity contribution < 1.29 is 41.2 Å². The third kappa shape index (κ3) is 12.9. The zero-order valence-electron chi connectivity index (χ0n) is 41.4. The Balaban J connectivity index is 0.000000172. The minimum absolute atomic E-state index is 0.263. The SMILES string of the molecule is COc1ccc(-c2ccc(C)cc2)c(C)c1F.COc1ccc(-c2cccc(C)c2)c(C)c1F.COc1ccc(-c2cccc(C)c2)c(C)c1F.COc1cccc(-c2ccc(OC)c(F)c2C)c1. The highest BCUT2D eigenvalue weighted by Crippen LogP contribution is 2.35. The second kappa shape index (κ2) is 24.5. The standard InChI is InChI=1S/C15H15FO2.3C15H15FO/c1-10-13(7-8-14(18-3)15(10)16)11-5-4-6-12(9-11)17-2;1-10-4-6-12(7-5-10)13-8-9-14(17-3)15(16)11(13)2;2*1-10-5-4-6-12(9-10)13-7-8-14(17-3)15(16)11(13)2/h4-9H,1-3H3;3*4-9H,1-3H3. The lowest BCUT2D eigenvalue weighted by Crippen LogP contribution is -1.94. The third-order valence-electron chi connectivity index (χ3n) is 11.7. The van der Waals surface area contributed by atoms with Gasteiger partial charge in [0.05, 0.1) is 35.5 Å². The molecule has 0 saturated carbocycles. The molecule has 0 N–H and O–H groups in total. The van der Waals surface area contributed by atoms with E-state index in [1.165, 1.54) is 34.0 Å². The van der Waals surface area contributed by atoms with Crippen LogP contribution in [0.1, 0.15) is 38.9 Å². The van der Waals surface area contributed by atoms with Gasteiger partial charge in [0.2, 0.25) is 0 Å². The van der Waals surface area contributed by atoms with Crippen LogP contribution in [-0.2, 0) is 0 Å². The number of hydrogen-bond donors (Lipinski definition) is 0. The van der Waals surface area contributed by atoms with Gasteiger partial charge in [0.1, 0.15) is 5.75 Å². The molecule has 0 amide bonds. The van der Waals surface area contributed by atoms with E-state index in [1.807, 2.05) is 142 Å². The minimum atomic E-state index is -0.321. The molecule has 8 aromatic carbocycles. The van der Waals surface area contributed by atoms with E-state index in [0.717, 1.165) is 61.4 Å². The van der Waals surface area contributed by atoms with Crippen molar-refractivity contribution in [3.05, 3.63) is 208 Å². The number of rotatable bonds is 9. The Hall–Kier alpha value is -7.52. The molecule has 0 aliphatic heterocycles. The first kappa shape index (κ1) is 52.4. The summed E-state index contributed by atoms with van der Waals surface area (Å²) in [7, 11) is 7.50. The van der Waals surface area contributed by atoms with Crippen molar-refractivity contribution in [2.24, 2.45) is 0 Å². The summed E-state index contributed by atoms with van der Waals surface area (Å²) in [5, 5.41) is 0. The normalized spacial score (nSPS) is 10.3. The van der Waals surface area contributed by atoms with Gasteiger partial charge in [-0.15, -0.1) is 0 Å². The van der Waals surface area contributed by atoms with Crippen LogP contribution in [0.25, 0.3) is 44.5 Å². The van der Waals surface area contributed by atoms with E-state index >= 15 is 0 Å². The fraction of sp³-hybridized carbons (Fsp3) is 0.200. The summed E-state index contributed by atoms with van der Waals surface area (Å²) in [6.07, 6.45) is 0. The summed E-state index contributed by atoms with van der Waals surface area (Å²) < 4.78 is 80.8. The lowest BCUT2D eigenvalue weighted by Gasteiger charge is -2.11. The minimum Gasteiger partial charge on any atom is -0.497 e. The molecule has 0 heterocycles. The molecule has 0 aliphatic rings. The molecule has 0 aliphatic carbocycles. The number of aryl methyl sites for hydroxylation is 3. The molecule has 5 nitrogen and oxygen atoms in total. The van der Waals surface area contributed by atoms with E-state index in [9.17, 15) is 17.6 Å². The van der Waals surface area contributed by atoms with Crippen molar-refractivity contribution in [3.63, 3.8) is 0 Å². The Labute approximate surface area is 404 Å². The van der Waals surface area contributed by atoms with Crippen LogP contribution < -0.4 is 23.7 Å². The largest absolute Gasteiger partial charge is 0.497 e. The maximum Gasteiger partial charge on any atom is 0.168 e. The summed E-state index contributed by atoms with van der Waals surface area (Å²) in [6, 6.07) is 45.9. The van der Waals surface area contributed by atoms with Crippen LogP contribution in [0.15, 0.2) is 146 Å². The maximum atomic E-state index is 14.0. The molecule has 0 saturated heterocycles. The topological polar surface area (TPSA) is 46.2 Å². The van der Waals surface area contributed by atoms with E-state index in [-0.39, 0.29) is 29.0 Å². The van der Waals surface area contributed by atoms with Crippen LogP contribution in [0, 0.1) is 71.7 Å². The zero-order chi connectivity index (χ0) is 50.4. The molecule has 0 atom stereocenters. The number of halogens is 4. The summed E-state index contributed by atoms with van der Waals surface area (Å²) in [4.78, 5) is 0. The number of methoxy groups -OCH3 is 5. The Bertz CT molecular complexity index is 2900. The predicted molar refractivity (Wildman–Crippen MR) is 273 cm³/mol. The van der Waals surface area contributed by atoms with Gasteiger partial charge in [-0.3, -0.25) is 0 Å². The van der Waals surface area contributed by atoms with Crippen molar-refractivity contribution in [1.82, 2.24) is 0 Å². The quantitative estimate of drug-likeness (QED) is 0.135. The van der Waals surface area contributed by atoms with Crippen LogP contribution in [-0.4, -0.2) is 35.5 Å². The predicted octanol–water partition coefficient (Wildman–Crippen LogP) is 16.2. The molecule has 0 unspecified atom stereocenters. The second-order valence-electron chi connectivity index (χ2n) is 16.4. The monoisotopic (exact) mass is 936 g/mol. The molecule has 69 heavy (non-hydrogen) atoms. The van der Waals surface area contributed by atoms with Gasteiger partial charge >= 0.3 is 0 Å². The van der Waals surface area contributed by atoms with Crippen molar-refractivity contribution in [3.8, 4) is 73.3 Å². The summed E-state index contributed by atoms with van der Waals surface area (Å²) in [5.74, 6) is 0.708. The van der Waals surface area contributed by atoms with Crippen molar-refractivity contribution in [2.75, 3.05) is 35.5 Å². The van der Waals surface area contributed by atoms with Gasteiger partial charge in [0.15, 0.2) is 46.3 Å². The smallest absolute Gasteiger partial charge is 0.168 e. The van der Waals surface area contributed by atoms with Crippen LogP contribution in [0.2, 0.25) is 0 Å². The molecule has 358 valence electrons.